The molecule has 1 aliphatic rings. The molecule has 0 bridgehead atoms. The van der Waals surface area contributed by atoms with Gasteiger partial charge in [0.15, 0.2) is 5.82 Å². The van der Waals surface area contributed by atoms with Crippen molar-refractivity contribution in [1.82, 2.24) is 19.7 Å². The van der Waals surface area contributed by atoms with Gasteiger partial charge in [-0.3, -0.25) is 4.79 Å². The van der Waals surface area contributed by atoms with Crippen LogP contribution in [0.15, 0.2) is 23.8 Å². The standard InChI is InChI=1S/C15H20N4O2S/c1-3-18-10-16-17-14(18)12-9-19(6-7-21-12)15(20)11(2)13-5-4-8-22-13/h4-5,8,10-12H,3,6-7,9H2,1-2H3/t11-,12-/m1/s1. The lowest BCUT2D eigenvalue weighted by Gasteiger charge is -2.33. The highest BCUT2D eigenvalue weighted by Crippen LogP contribution is 2.26. The van der Waals surface area contributed by atoms with E-state index in [4.69, 9.17) is 4.74 Å². The highest BCUT2D eigenvalue weighted by molar-refractivity contribution is 7.10. The minimum Gasteiger partial charge on any atom is -0.366 e. The summed E-state index contributed by atoms with van der Waals surface area (Å²) >= 11 is 1.62. The molecular formula is C15H20N4O2S. The van der Waals surface area contributed by atoms with E-state index in [1.165, 1.54) is 0 Å². The van der Waals surface area contributed by atoms with Gasteiger partial charge >= 0.3 is 0 Å². The van der Waals surface area contributed by atoms with Crippen molar-refractivity contribution in [2.24, 2.45) is 0 Å². The topological polar surface area (TPSA) is 60.2 Å². The Kier molecular flexibility index (Phi) is 4.54. The van der Waals surface area contributed by atoms with Gasteiger partial charge in [0.05, 0.1) is 19.1 Å². The number of thiophene rings is 1. The Morgan fingerprint density at radius 1 is 1.59 bits per heavy atom. The molecule has 3 rings (SSSR count). The number of carbonyl (C=O) groups excluding carboxylic acids is 1. The Morgan fingerprint density at radius 3 is 3.18 bits per heavy atom. The summed E-state index contributed by atoms with van der Waals surface area (Å²) in [5, 5.41) is 10.1. The van der Waals surface area contributed by atoms with Crippen molar-refractivity contribution in [2.45, 2.75) is 32.4 Å². The Balaban J connectivity index is 1.71. The van der Waals surface area contributed by atoms with Crippen LogP contribution in [0.25, 0.3) is 0 Å². The zero-order valence-electron chi connectivity index (χ0n) is 12.8. The van der Waals surface area contributed by atoms with E-state index in [9.17, 15) is 4.79 Å². The molecule has 3 heterocycles. The smallest absolute Gasteiger partial charge is 0.230 e. The van der Waals surface area contributed by atoms with Crippen molar-refractivity contribution in [2.75, 3.05) is 19.7 Å². The van der Waals surface area contributed by atoms with Crippen molar-refractivity contribution >= 4 is 17.2 Å². The third kappa shape index (κ3) is 2.91. The third-order valence-electron chi connectivity index (χ3n) is 3.99. The molecule has 1 aliphatic heterocycles. The van der Waals surface area contributed by atoms with E-state index < -0.39 is 0 Å². The second-order valence-corrected chi connectivity index (χ2v) is 6.34. The first-order valence-electron chi connectivity index (χ1n) is 7.52. The number of amides is 1. The van der Waals surface area contributed by atoms with Gasteiger partial charge in [0, 0.05) is 18.0 Å². The van der Waals surface area contributed by atoms with Gasteiger partial charge in [-0.1, -0.05) is 6.07 Å². The maximum absolute atomic E-state index is 12.7. The minimum atomic E-state index is -0.198. The molecule has 1 amide bonds. The number of carbonyl (C=O) groups is 1. The lowest BCUT2D eigenvalue weighted by molar-refractivity contribution is -0.140. The summed E-state index contributed by atoms with van der Waals surface area (Å²) in [5.41, 5.74) is 0. The molecule has 118 valence electrons. The molecule has 0 aromatic carbocycles. The van der Waals surface area contributed by atoms with E-state index >= 15 is 0 Å². The number of morpholine rings is 1. The largest absolute Gasteiger partial charge is 0.366 e. The molecule has 2 aromatic heterocycles. The average Bonchev–Trinajstić information content (AvgIpc) is 3.24. The molecule has 1 fully saturated rings. The summed E-state index contributed by atoms with van der Waals surface area (Å²) in [4.78, 5) is 15.7. The van der Waals surface area contributed by atoms with Crippen LogP contribution in [-0.4, -0.2) is 45.3 Å². The Labute approximate surface area is 133 Å². The van der Waals surface area contributed by atoms with Gasteiger partial charge < -0.3 is 14.2 Å². The molecule has 22 heavy (non-hydrogen) atoms. The van der Waals surface area contributed by atoms with E-state index in [1.54, 1.807) is 17.7 Å². The number of nitrogens with zero attached hydrogens (tertiary/aromatic N) is 4. The van der Waals surface area contributed by atoms with Crippen LogP contribution in [0.2, 0.25) is 0 Å². The quantitative estimate of drug-likeness (QED) is 0.865. The maximum atomic E-state index is 12.7. The second-order valence-electron chi connectivity index (χ2n) is 5.36. The normalized spacial score (nSPS) is 20.1. The Hall–Kier alpha value is -1.73. The zero-order chi connectivity index (χ0) is 15.5. The summed E-state index contributed by atoms with van der Waals surface area (Å²) in [5.74, 6) is 0.838. The van der Waals surface area contributed by atoms with Crippen LogP contribution >= 0.6 is 11.3 Å². The average molecular weight is 320 g/mol. The number of ether oxygens (including phenoxy) is 1. The van der Waals surface area contributed by atoms with Crippen LogP contribution in [0.1, 0.15) is 36.6 Å². The molecule has 6 nitrogen and oxygen atoms in total. The van der Waals surface area contributed by atoms with Gasteiger partial charge in [-0.05, 0) is 25.3 Å². The Bertz CT molecular complexity index is 625. The van der Waals surface area contributed by atoms with Gasteiger partial charge in [0.2, 0.25) is 5.91 Å². The number of hydrogen-bond acceptors (Lipinski definition) is 5. The van der Waals surface area contributed by atoms with Gasteiger partial charge in [-0.25, -0.2) is 0 Å². The Morgan fingerprint density at radius 2 is 2.45 bits per heavy atom. The van der Waals surface area contributed by atoms with Crippen LogP contribution in [0.3, 0.4) is 0 Å². The molecule has 1 saturated heterocycles. The van der Waals surface area contributed by atoms with Crippen molar-refractivity contribution < 1.29 is 9.53 Å². The van der Waals surface area contributed by atoms with Gasteiger partial charge in [0.25, 0.3) is 0 Å². The van der Waals surface area contributed by atoms with Crippen molar-refractivity contribution in [3.63, 3.8) is 0 Å². The monoisotopic (exact) mass is 320 g/mol. The van der Waals surface area contributed by atoms with Crippen molar-refractivity contribution in [1.29, 1.82) is 0 Å². The molecule has 0 radical (unpaired) electrons. The minimum absolute atomic E-state index is 0.109. The number of aryl methyl sites for hydroxylation is 1. The van der Waals surface area contributed by atoms with E-state index in [0.29, 0.717) is 19.7 Å². The predicted molar refractivity (Wildman–Crippen MR) is 83.7 cm³/mol. The molecule has 7 heteroatoms. The van der Waals surface area contributed by atoms with Crippen molar-refractivity contribution in [3.8, 4) is 0 Å². The lowest BCUT2D eigenvalue weighted by atomic mass is 10.1. The number of aromatic nitrogens is 3. The first kappa shape index (κ1) is 15.2. The van der Waals surface area contributed by atoms with Gasteiger partial charge in [-0.15, -0.1) is 21.5 Å². The van der Waals surface area contributed by atoms with Crippen LogP contribution in [0, 0.1) is 0 Å². The number of rotatable bonds is 4. The molecular weight excluding hydrogens is 300 g/mol. The van der Waals surface area contributed by atoms with Crippen LogP contribution in [-0.2, 0) is 16.1 Å². The molecule has 0 spiro atoms. The van der Waals surface area contributed by atoms with Crippen LogP contribution in [0.5, 0.6) is 0 Å². The van der Waals surface area contributed by atoms with E-state index in [-0.39, 0.29) is 17.9 Å². The fourth-order valence-corrected chi connectivity index (χ4v) is 3.47. The van der Waals surface area contributed by atoms with E-state index in [1.807, 2.05) is 40.8 Å². The summed E-state index contributed by atoms with van der Waals surface area (Å²) < 4.78 is 7.76. The van der Waals surface area contributed by atoms with Crippen molar-refractivity contribution in [3.05, 3.63) is 34.5 Å². The molecule has 2 atom stereocenters. The zero-order valence-corrected chi connectivity index (χ0v) is 13.6. The van der Waals surface area contributed by atoms with E-state index in [2.05, 4.69) is 10.2 Å². The molecule has 0 unspecified atom stereocenters. The van der Waals surface area contributed by atoms with E-state index in [0.717, 1.165) is 17.2 Å². The molecule has 0 aliphatic carbocycles. The molecule has 2 aromatic rings. The SMILES string of the molecule is CCn1cnnc1[C@H]1CN(C(=O)[C@H](C)c2cccs2)CCO1. The summed E-state index contributed by atoms with van der Waals surface area (Å²) in [6.07, 6.45) is 1.50. The first-order valence-corrected chi connectivity index (χ1v) is 8.40. The summed E-state index contributed by atoms with van der Waals surface area (Å²) in [6.45, 7) is 6.50. The van der Waals surface area contributed by atoms with Crippen LogP contribution in [0.4, 0.5) is 0 Å². The molecule has 0 N–H and O–H groups in total. The van der Waals surface area contributed by atoms with Crippen LogP contribution < -0.4 is 0 Å². The summed E-state index contributed by atoms with van der Waals surface area (Å²) in [6, 6.07) is 3.99. The fraction of sp³-hybridized carbons (Fsp3) is 0.533. The predicted octanol–water partition coefficient (Wildman–Crippen LogP) is 2.06. The highest BCUT2D eigenvalue weighted by atomic mass is 32.1. The highest BCUT2D eigenvalue weighted by Gasteiger charge is 2.31. The first-order chi connectivity index (χ1) is 10.7. The lowest BCUT2D eigenvalue weighted by Crippen LogP contribution is -2.44. The maximum Gasteiger partial charge on any atom is 0.230 e. The fourth-order valence-electron chi connectivity index (χ4n) is 2.70. The summed E-state index contributed by atoms with van der Waals surface area (Å²) in [7, 11) is 0. The second kappa shape index (κ2) is 6.58. The van der Waals surface area contributed by atoms with Gasteiger partial charge in [-0.2, -0.15) is 0 Å². The number of hydrogen-bond donors (Lipinski definition) is 0. The molecule has 0 saturated carbocycles. The van der Waals surface area contributed by atoms with Gasteiger partial charge in [0.1, 0.15) is 12.4 Å². The third-order valence-corrected chi connectivity index (χ3v) is 5.05.